The molecule has 1 aliphatic heterocycles. The van der Waals surface area contributed by atoms with E-state index in [1.165, 1.54) is 11.3 Å². The van der Waals surface area contributed by atoms with Gasteiger partial charge < -0.3 is 10.2 Å². The van der Waals surface area contributed by atoms with E-state index in [9.17, 15) is 0 Å². The summed E-state index contributed by atoms with van der Waals surface area (Å²) in [6.07, 6.45) is 1.11. The molecule has 0 spiro atoms. The van der Waals surface area contributed by atoms with Crippen molar-refractivity contribution in [2.45, 2.75) is 25.8 Å². The van der Waals surface area contributed by atoms with Gasteiger partial charge in [-0.3, -0.25) is 4.90 Å². The molecule has 0 amide bonds. The minimum absolute atomic E-state index is 0.238. The van der Waals surface area contributed by atoms with Crippen LogP contribution in [0.15, 0.2) is 24.3 Å². The zero-order valence-electron chi connectivity index (χ0n) is 12.7. The molecule has 2 rings (SSSR count). The molecule has 0 aliphatic carbocycles. The van der Waals surface area contributed by atoms with Gasteiger partial charge in [0.25, 0.3) is 0 Å². The fraction of sp³-hybridized carbons (Fsp3) is 0.625. The predicted molar refractivity (Wildman–Crippen MR) is 83.0 cm³/mol. The van der Waals surface area contributed by atoms with Crippen molar-refractivity contribution in [3.05, 3.63) is 29.8 Å². The summed E-state index contributed by atoms with van der Waals surface area (Å²) in [5.74, 6) is 0. The Balaban J connectivity index is 2.02. The van der Waals surface area contributed by atoms with Crippen LogP contribution in [0.25, 0.3) is 0 Å². The van der Waals surface area contributed by atoms with E-state index in [1.54, 1.807) is 0 Å². The second-order valence-corrected chi connectivity index (χ2v) is 6.29. The van der Waals surface area contributed by atoms with Crippen molar-refractivity contribution in [1.29, 1.82) is 0 Å². The molecule has 0 saturated carbocycles. The van der Waals surface area contributed by atoms with Gasteiger partial charge in [0, 0.05) is 51.5 Å². The van der Waals surface area contributed by atoms with Crippen LogP contribution in [0.5, 0.6) is 0 Å². The second kappa shape index (κ2) is 5.93. The Bertz CT molecular complexity index is 389. The quantitative estimate of drug-likeness (QED) is 0.894. The number of nitrogens with zero attached hydrogens (tertiary/aromatic N) is 2. The zero-order valence-corrected chi connectivity index (χ0v) is 12.7. The predicted octanol–water partition coefficient (Wildman–Crippen LogP) is 1.98. The smallest absolute Gasteiger partial charge is 0.0361 e. The molecule has 0 aromatic heterocycles. The van der Waals surface area contributed by atoms with Crippen LogP contribution < -0.4 is 10.2 Å². The van der Waals surface area contributed by atoms with E-state index in [1.807, 2.05) is 0 Å². The first-order valence-electron chi connectivity index (χ1n) is 7.21. The molecule has 106 valence electrons. The third-order valence-electron chi connectivity index (χ3n) is 4.06. The Hall–Kier alpha value is -1.06. The SMILES string of the molecule is CN(C)c1ccc(CC(C)(C)N2CCNCC2)cc1. The van der Waals surface area contributed by atoms with Gasteiger partial charge in [-0.2, -0.15) is 0 Å². The first kappa shape index (κ1) is 14.4. The van der Waals surface area contributed by atoms with Gasteiger partial charge in [0.2, 0.25) is 0 Å². The Labute approximate surface area is 117 Å². The summed E-state index contributed by atoms with van der Waals surface area (Å²) in [7, 11) is 4.17. The Kier molecular flexibility index (Phi) is 4.48. The lowest BCUT2D eigenvalue weighted by Crippen LogP contribution is -2.54. The van der Waals surface area contributed by atoms with Gasteiger partial charge in [-0.25, -0.2) is 0 Å². The number of benzene rings is 1. The largest absolute Gasteiger partial charge is 0.378 e. The number of piperazine rings is 1. The number of hydrogen-bond donors (Lipinski definition) is 1. The Morgan fingerprint density at radius 1 is 1.11 bits per heavy atom. The van der Waals surface area contributed by atoms with Crippen molar-refractivity contribution >= 4 is 5.69 Å². The molecule has 0 unspecified atom stereocenters. The summed E-state index contributed by atoms with van der Waals surface area (Å²) in [6, 6.07) is 8.95. The highest BCUT2D eigenvalue weighted by molar-refractivity contribution is 5.46. The monoisotopic (exact) mass is 261 g/mol. The Morgan fingerprint density at radius 2 is 1.68 bits per heavy atom. The van der Waals surface area contributed by atoms with Crippen molar-refractivity contribution in [2.75, 3.05) is 45.2 Å². The zero-order chi connectivity index (χ0) is 13.9. The number of anilines is 1. The maximum atomic E-state index is 3.42. The summed E-state index contributed by atoms with van der Waals surface area (Å²) < 4.78 is 0. The van der Waals surface area contributed by atoms with E-state index in [0.717, 1.165) is 32.6 Å². The van der Waals surface area contributed by atoms with Gasteiger partial charge in [0.15, 0.2) is 0 Å². The summed E-state index contributed by atoms with van der Waals surface area (Å²) in [5.41, 5.74) is 2.93. The molecule has 3 heteroatoms. The van der Waals surface area contributed by atoms with Gasteiger partial charge in [0.05, 0.1) is 0 Å². The topological polar surface area (TPSA) is 18.5 Å². The lowest BCUT2D eigenvalue weighted by Gasteiger charge is -2.41. The molecule has 1 heterocycles. The van der Waals surface area contributed by atoms with Gasteiger partial charge in [-0.05, 0) is 38.0 Å². The van der Waals surface area contributed by atoms with Crippen molar-refractivity contribution in [1.82, 2.24) is 10.2 Å². The van der Waals surface area contributed by atoms with E-state index in [4.69, 9.17) is 0 Å². The fourth-order valence-corrected chi connectivity index (χ4v) is 2.79. The average molecular weight is 261 g/mol. The molecular formula is C16H27N3. The molecule has 0 radical (unpaired) electrons. The van der Waals surface area contributed by atoms with Crippen LogP contribution >= 0.6 is 0 Å². The molecule has 0 atom stereocenters. The van der Waals surface area contributed by atoms with Crippen LogP contribution in [-0.4, -0.2) is 50.7 Å². The molecule has 1 aromatic carbocycles. The van der Waals surface area contributed by atoms with Crippen LogP contribution in [0.2, 0.25) is 0 Å². The van der Waals surface area contributed by atoms with E-state index in [-0.39, 0.29) is 5.54 Å². The number of nitrogens with one attached hydrogen (secondary N) is 1. The summed E-state index contributed by atoms with van der Waals surface area (Å²) in [6.45, 7) is 9.26. The van der Waals surface area contributed by atoms with E-state index < -0.39 is 0 Å². The molecular weight excluding hydrogens is 234 g/mol. The molecule has 1 aliphatic rings. The van der Waals surface area contributed by atoms with Crippen molar-refractivity contribution in [3.8, 4) is 0 Å². The average Bonchev–Trinajstić information content (AvgIpc) is 2.40. The van der Waals surface area contributed by atoms with E-state index >= 15 is 0 Å². The van der Waals surface area contributed by atoms with Crippen molar-refractivity contribution < 1.29 is 0 Å². The molecule has 1 N–H and O–H groups in total. The standard InChI is InChI=1S/C16H27N3/c1-16(2,19-11-9-17-10-12-19)13-14-5-7-15(8-6-14)18(3)4/h5-8,17H,9-13H2,1-4H3. The summed E-state index contributed by atoms with van der Waals surface area (Å²) in [5, 5.41) is 3.42. The molecule has 1 aromatic rings. The van der Waals surface area contributed by atoms with Crippen LogP contribution in [0.4, 0.5) is 5.69 Å². The molecule has 3 nitrogen and oxygen atoms in total. The highest BCUT2D eigenvalue weighted by Crippen LogP contribution is 2.22. The van der Waals surface area contributed by atoms with Crippen molar-refractivity contribution in [2.24, 2.45) is 0 Å². The minimum atomic E-state index is 0.238. The first-order valence-corrected chi connectivity index (χ1v) is 7.21. The number of rotatable bonds is 4. The maximum absolute atomic E-state index is 3.42. The lowest BCUT2D eigenvalue weighted by atomic mass is 9.92. The third-order valence-corrected chi connectivity index (χ3v) is 4.06. The maximum Gasteiger partial charge on any atom is 0.0361 e. The second-order valence-electron chi connectivity index (χ2n) is 6.29. The van der Waals surface area contributed by atoms with Crippen LogP contribution in [-0.2, 0) is 6.42 Å². The van der Waals surface area contributed by atoms with Crippen LogP contribution in [0.3, 0.4) is 0 Å². The van der Waals surface area contributed by atoms with Gasteiger partial charge in [-0.15, -0.1) is 0 Å². The van der Waals surface area contributed by atoms with Crippen molar-refractivity contribution in [3.63, 3.8) is 0 Å². The van der Waals surface area contributed by atoms with Gasteiger partial charge in [-0.1, -0.05) is 12.1 Å². The van der Waals surface area contributed by atoms with E-state index in [2.05, 4.69) is 67.3 Å². The fourth-order valence-electron chi connectivity index (χ4n) is 2.79. The summed E-state index contributed by atoms with van der Waals surface area (Å²) in [4.78, 5) is 4.74. The molecule has 1 saturated heterocycles. The number of hydrogen-bond acceptors (Lipinski definition) is 3. The Morgan fingerprint density at radius 3 is 2.21 bits per heavy atom. The van der Waals surface area contributed by atoms with Gasteiger partial charge >= 0.3 is 0 Å². The van der Waals surface area contributed by atoms with Crippen LogP contribution in [0.1, 0.15) is 19.4 Å². The summed E-state index contributed by atoms with van der Waals surface area (Å²) >= 11 is 0. The third kappa shape index (κ3) is 3.71. The molecule has 19 heavy (non-hydrogen) atoms. The highest BCUT2D eigenvalue weighted by Gasteiger charge is 2.27. The molecule has 1 fully saturated rings. The normalized spacial score (nSPS) is 17.5. The van der Waals surface area contributed by atoms with E-state index in [0.29, 0.717) is 0 Å². The van der Waals surface area contributed by atoms with Crippen LogP contribution in [0, 0.1) is 0 Å². The van der Waals surface area contributed by atoms with Gasteiger partial charge in [0.1, 0.15) is 0 Å². The minimum Gasteiger partial charge on any atom is -0.378 e. The molecule has 0 bridgehead atoms. The lowest BCUT2D eigenvalue weighted by molar-refractivity contribution is 0.104. The highest BCUT2D eigenvalue weighted by atomic mass is 15.2. The first-order chi connectivity index (χ1) is 8.99.